The molecule has 0 fully saturated rings. The number of nitrogens with two attached hydrogens (primary N) is 2. The summed E-state index contributed by atoms with van der Waals surface area (Å²) in [7, 11) is 0. The fourth-order valence-electron chi connectivity index (χ4n) is 9.83. The lowest BCUT2D eigenvalue weighted by Crippen LogP contribution is -2.45. The van der Waals surface area contributed by atoms with E-state index in [2.05, 4.69) is 50.4 Å². The molecule has 2 aliphatic rings. The molecule has 22 nitrogen and oxygen atoms in total. The van der Waals surface area contributed by atoms with Gasteiger partial charge in [0, 0.05) is 98.5 Å². The average molecular weight is 1210 g/mol. The molecule has 0 radical (unpaired) electrons. The monoisotopic (exact) mass is 1210 g/mol. The van der Waals surface area contributed by atoms with Gasteiger partial charge in [-0.25, -0.2) is 14.6 Å². The number of primary amides is 1. The van der Waals surface area contributed by atoms with Gasteiger partial charge in [-0.05, 0) is 117 Å². The van der Waals surface area contributed by atoms with Gasteiger partial charge in [-0.2, -0.15) is 0 Å². The van der Waals surface area contributed by atoms with Gasteiger partial charge >= 0.3 is 12.1 Å². The molecule has 88 heavy (non-hydrogen) atoms. The van der Waals surface area contributed by atoms with Crippen LogP contribution in [0.25, 0.3) is 6.08 Å². The SMILES string of the molecule is CCCC(=O)[C@H](Cc1ccccc1)NC(=O)OCc1ccc(NC(=O)[C@H](CCCNC(N)=O)CC(=O)[C@@H](NC(=O)CCCCCN2C(=O)C=CC2=O)C(C)C)cc1.CCCN(CCC)C(=O)C1=Cc2ccc(C(=O)Nc3cncc(C)c3)cc2N=C(N)C1. The second-order valence-corrected chi connectivity index (χ2v) is 22.1. The van der Waals surface area contributed by atoms with Gasteiger partial charge < -0.3 is 47.7 Å². The number of imide groups is 1. The number of pyridine rings is 1. The Hall–Kier alpha value is -9.34. The summed E-state index contributed by atoms with van der Waals surface area (Å²) < 4.78 is 5.40. The molecule has 0 saturated carbocycles. The van der Waals surface area contributed by atoms with Crippen molar-refractivity contribution in [1.82, 2.24) is 30.7 Å². The molecule has 0 spiro atoms. The summed E-state index contributed by atoms with van der Waals surface area (Å²) >= 11 is 0. The zero-order valence-electron chi connectivity index (χ0n) is 51.4. The number of benzene rings is 3. The van der Waals surface area contributed by atoms with Crippen LogP contribution in [0.4, 0.5) is 26.7 Å². The highest BCUT2D eigenvalue weighted by Gasteiger charge is 2.30. The molecule has 22 heteroatoms. The summed E-state index contributed by atoms with van der Waals surface area (Å²) in [5.74, 6) is -2.80. The molecule has 9 N–H and O–H groups in total. The number of alkyl carbamates (subject to hydrolysis) is 1. The van der Waals surface area contributed by atoms with E-state index in [9.17, 15) is 47.9 Å². The molecule has 3 atom stereocenters. The highest BCUT2D eigenvalue weighted by atomic mass is 16.5. The van der Waals surface area contributed by atoms with Crippen molar-refractivity contribution in [3.8, 4) is 0 Å². The third-order valence-corrected chi connectivity index (χ3v) is 14.4. The van der Waals surface area contributed by atoms with Crippen molar-refractivity contribution in [2.75, 3.05) is 36.8 Å². The number of rotatable bonds is 32. The van der Waals surface area contributed by atoms with Crippen molar-refractivity contribution in [3.63, 3.8) is 0 Å². The predicted molar refractivity (Wildman–Crippen MR) is 338 cm³/mol. The molecule has 0 unspecified atom stereocenters. The number of aryl methyl sites for hydroxylation is 1. The van der Waals surface area contributed by atoms with Crippen LogP contribution in [0.3, 0.4) is 0 Å². The van der Waals surface area contributed by atoms with Crippen LogP contribution in [0.15, 0.2) is 114 Å². The Balaban J connectivity index is 0.000000381. The number of urea groups is 1. The van der Waals surface area contributed by atoms with Crippen LogP contribution < -0.4 is 38.1 Å². The number of nitrogens with zero attached hydrogens (tertiary/aromatic N) is 4. The number of Topliss-reactive ketones (excluding diaryl/α,β-unsaturated/α-hetero) is 2. The number of amides is 9. The predicted octanol–water partition coefficient (Wildman–Crippen LogP) is 8.55. The number of ether oxygens (including phenoxy) is 1. The molecule has 9 amide bonds. The van der Waals surface area contributed by atoms with E-state index < -0.39 is 36.0 Å². The minimum absolute atomic E-state index is 0.0107. The molecule has 470 valence electrons. The number of carbonyl (C=O) groups excluding carboxylic acids is 10. The number of fused-ring (bicyclic) bond motifs is 1. The molecule has 0 bridgehead atoms. The van der Waals surface area contributed by atoms with E-state index in [-0.39, 0.29) is 92.4 Å². The Morgan fingerprint density at radius 3 is 2.10 bits per heavy atom. The van der Waals surface area contributed by atoms with Gasteiger partial charge in [-0.3, -0.25) is 48.2 Å². The number of carbonyl (C=O) groups is 10. The molecule has 0 aliphatic carbocycles. The highest BCUT2D eigenvalue weighted by molar-refractivity contribution is 6.13. The number of hydrogen-bond acceptors (Lipinski definition) is 14. The normalized spacial score (nSPS) is 13.5. The lowest BCUT2D eigenvalue weighted by Gasteiger charge is -2.24. The van der Waals surface area contributed by atoms with E-state index in [0.29, 0.717) is 97.6 Å². The van der Waals surface area contributed by atoms with Crippen molar-refractivity contribution >= 4 is 88.1 Å². The van der Waals surface area contributed by atoms with Crippen LogP contribution in [0.2, 0.25) is 0 Å². The highest BCUT2D eigenvalue weighted by Crippen LogP contribution is 2.29. The number of nitrogens with one attached hydrogen (secondary N) is 5. The van der Waals surface area contributed by atoms with E-state index in [0.717, 1.165) is 34.4 Å². The molecule has 3 aromatic carbocycles. The molecule has 6 rings (SSSR count). The second kappa shape index (κ2) is 36.0. The summed E-state index contributed by atoms with van der Waals surface area (Å²) in [4.78, 5) is 137. The molecule has 1 aromatic heterocycles. The molecule has 3 heterocycles. The van der Waals surface area contributed by atoms with Gasteiger partial charge in [0.15, 0.2) is 11.6 Å². The average Bonchev–Trinajstić information content (AvgIpc) is 2.73. The zero-order chi connectivity index (χ0) is 64.1. The number of hydrogen-bond donors (Lipinski definition) is 7. The fourth-order valence-corrected chi connectivity index (χ4v) is 9.83. The van der Waals surface area contributed by atoms with Gasteiger partial charge in [0.25, 0.3) is 17.7 Å². The van der Waals surface area contributed by atoms with Crippen LogP contribution in [-0.2, 0) is 51.3 Å². The molecular formula is C66H85N11O11. The first-order valence-electron chi connectivity index (χ1n) is 30.2. The molecule has 2 aliphatic heterocycles. The number of aromatic nitrogens is 1. The van der Waals surface area contributed by atoms with Crippen LogP contribution in [-0.4, -0.2) is 118 Å². The third-order valence-electron chi connectivity index (χ3n) is 14.4. The summed E-state index contributed by atoms with van der Waals surface area (Å²) in [6.45, 7) is 13.3. The molecular weight excluding hydrogens is 1120 g/mol. The summed E-state index contributed by atoms with van der Waals surface area (Å²) in [6.07, 6.45) is 12.6. The Morgan fingerprint density at radius 1 is 0.750 bits per heavy atom. The first-order valence-corrected chi connectivity index (χ1v) is 30.2. The van der Waals surface area contributed by atoms with Gasteiger partial charge in [-0.1, -0.05) is 89.6 Å². The zero-order valence-corrected chi connectivity index (χ0v) is 51.4. The largest absolute Gasteiger partial charge is 0.445 e. The number of unbranched alkanes of at least 4 members (excludes halogenated alkanes) is 2. The fraction of sp³-hybridized carbons (Fsp3) is 0.424. The molecule has 4 aromatic rings. The lowest BCUT2D eigenvalue weighted by molar-refractivity contribution is -0.137. The first kappa shape index (κ1) is 69.4. The van der Waals surface area contributed by atoms with Gasteiger partial charge in [0.1, 0.15) is 12.4 Å². The van der Waals surface area contributed by atoms with E-state index in [1.54, 1.807) is 68.7 Å². The van der Waals surface area contributed by atoms with Crippen LogP contribution in [0.1, 0.15) is 144 Å². The quantitative estimate of drug-likeness (QED) is 0.0178. The van der Waals surface area contributed by atoms with Crippen LogP contribution >= 0.6 is 0 Å². The van der Waals surface area contributed by atoms with E-state index in [1.807, 2.05) is 61.2 Å². The maximum Gasteiger partial charge on any atom is 0.408 e. The lowest BCUT2D eigenvalue weighted by atomic mass is 9.89. The second-order valence-electron chi connectivity index (χ2n) is 22.1. The van der Waals surface area contributed by atoms with Crippen molar-refractivity contribution in [1.29, 1.82) is 0 Å². The van der Waals surface area contributed by atoms with E-state index in [4.69, 9.17) is 16.2 Å². The van der Waals surface area contributed by atoms with Crippen molar-refractivity contribution in [2.24, 2.45) is 28.3 Å². The summed E-state index contributed by atoms with van der Waals surface area (Å²) in [6, 6.07) is 20.8. The number of ketones is 2. The minimum atomic E-state index is -0.836. The Kier molecular flexibility index (Phi) is 28.4. The van der Waals surface area contributed by atoms with E-state index in [1.165, 1.54) is 12.2 Å². The first-order chi connectivity index (χ1) is 42.2. The van der Waals surface area contributed by atoms with Gasteiger partial charge in [0.05, 0.1) is 29.7 Å². The Morgan fingerprint density at radius 2 is 1.45 bits per heavy atom. The van der Waals surface area contributed by atoms with Crippen LogP contribution in [0, 0.1) is 18.8 Å². The molecule has 0 saturated heterocycles. The topological polar surface area (TPSA) is 324 Å². The maximum absolute atomic E-state index is 13.6. The van der Waals surface area contributed by atoms with Crippen LogP contribution in [0.5, 0.6) is 0 Å². The van der Waals surface area contributed by atoms with Gasteiger partial charge in [-0.15, -0.1) is 0 Å². The number of anilines is 2. The Labute approximate surface area is 515 Å². The smallest absolute Gasteiger partial charge is 0.408 e. The summed E-state index contributed by atoms with van der Waals surface area (Å²) in [5.41, 5.74) is 17.3. The van der Waals surface area contributed by atoms with Gasteiger partial charge in [0.2, 0.25) is 17.7 Å². The third kappa shape index (κ3) is 23.2. The van der Waals surface area contributed by atoms with Crippen molar-refractivity contribution in [3.05, 3.63) is 137 Å². The summed E-state index contributed by atoms with van der Waals surface area (Å²) in [5, 5.41) is 13.7. The Bertz CT molecular complexity index is 3160. The van der Waals surface area contributed by atoms with Crippen molar-refractivity contribution in [2.45, 2.75) is 144 Å². The number of amidine groups is 1. The maximum atomic E-state index is 13.6. The number of aliphatic imine (C=N–C) groups is 1. The minimum Gasteiger partial charge on any atom is -0.445 e. The van der Waals surface area contributed by atoms with Crippen molar-refractivity contribution < 1.29 is 52.7 Å². The standard InChI is InChI=1S/C42H56N6O9.C24H29N5O2/c1-4-12-34(49)33(25-29-13-7-5-8-14-29)46-42(56)57-27-30-17-19-32(20-18-30)45-40(54)31(15-11-23-44-41(43)55)26-35(50)39(28(2)3)47-36(51)16-9-6-10-24-48-37(52)21-22-38(48)53;1-4-8-29(9-5-2)24(31)19-11-17-6-7-18(12-21(17)28-22(25)13-19)23(30)27-20-10-16(3)14-26-15-20/h5,7-8,13-14,17-22,28,31,33,39H,4,6,9-12,15-16,23-27H2,1-3H3,(H,45,54)(H,46,56)(H,47,51)(H3,43,44,55);6-7,10-12,14-15H,4-5,8-9,13H2,1-3H3,(H2,25,28)(H,27,30)/t31-,33+,39+;/m1./s1. The van der Waals surface area contributed by atoms with E-state index >= 15 is 0 Å².